The van der Waals surface area contributed by atoms with Crippen molar-refractivity contribution in [2.45, 2.75) is 25.6 Å². The lowest BCUT2D eigenvalue weighted by molar-refractivity contribution is -0.137. The number of thiazole rings is 1. The molecule has 0 spiro atoms. The van der Waals surface area contributed by atoms with Gasteiger partial charge in [0.2, 0.25) is 0 Å². The molecule has 122 valence electrons. The number of fused-ring (bicyclic) bond motifs is 3. The summed E-state index contributed by atoms with van der Waals surface area (Å²) in [5.74, 6) is 0. The number of alkyl halides is 3. The third kappa shape index (κ3) is 2.39. The van der Waals surface area contributed by atoms with E-state index in [1.54, 1.807) is 6.08 Å². The fourth-order valence-corrected chi connectivity index (χ4v) is 3.90. The monoisotopic (exact) mass is 339 g/mol. The summed E-state index contributed by atoms with van der Waals surface area (Å²) in [4.78, 5) is 7.19. The molecule has 7 heteroatoms. The van der Waals surface area contributed by atoms with Gasteiger partial charge >= 0.3 is 6.18 Å². The number of hydrogen-bond acceptors (Lipinski definition) is 4. The Morgan fingerprint density at radius 1 is 1.39 bits per heavy atom. The molecule has 3 nitrogen and oxygen atoms in total. The Labute approximate surface area is 136 Å². The van der Waals surface area contributed by atoms with E-state index in [1.807, 2.05) is 18.7 Å². The van der Waals surface area contributed by atoms with Crippen molar-refractivity contribution in [2.75, 3.05) is 17.2 Å². The first-order valence-corrected chi connectivity index (χ1v) is 7.85. The minimum absolute atomic E-state index is 0.411. The topological polar surface area (TPSA) is 42.2 Å². The second-order valence-corrected chi connectivity index (χ2v) is 6.95. The first-order valence-electron chi connectivity index (χ1n) is 7.03. The zero-order valence-electron chi connectivity index (χ0n) is 12.7. The summed E-state index contributed by atoms with van der Waals surface area (Å²) >= 11 is 1.37. The van der Waals surface area contributed by atoms with Gasteiger partial charge in [0.1, 0.15) is 0 Å². The van der Waals surface area contributed by atoms with Gasteiger partial charge in [-0.1, -0.05) is 23.5 Å². The Morgan fingerprint density at radius 2 is 2.09 bits per heavy atom. The summed E-state index contributed by atoms with van der Waals surface area (Å²) in [5.41, 5.74) is 6.49. The summed E-state index contributed by atoms with van der Waals surface area (Å²) in [6, 6.07) is 3.74. The molecule has 1 aliphatic rings. The quantitative estimate of drug-likeness (QED) is 0.810. The van der Waals surface area contributed by atoms with Gasteiger partial charge in [-0.2, -0.15) is 13.2 Å². The number of aromatic nitrogens is 1. The Bertz CT molecular complexity index is 777. The highest BCUT2D eigenvalue weighted by Gasteiger charge is 2.41. The zero-order chi connectivity index (χ0) is 17.0. The number of nitrogen functional groups attached to an aromatic ring is 1. The standard InChI is InChI=1S/C16H16F3N3S/c1-4-7-22-11-8-9(16(17,18)19)5-6-10(11)12-13(15(22,2)3)23-14(20)21-12/h4-6,8H,1,7H2,2-3H3,(H2,20,21). The van der Waals surface area contributed by atoms with Crippen molar-refractivity contribution >= 4 is 22.2 Å². The van der Waals surface area contributed by atoms with Crippen LogP contribution in [0.15, 0.2) is 30.9 Å². The second-order valence-electron chi connectivity index (χ2n) is 5.92. The van der Waals surface area contributed by atoms with Crippen LogP contribution < -0.4 is 10.6 Å². The van der Waals surface area contributed by atoms with Gasteiger partial charge in [-0.25, -0.2) is 4.98 Å². The number of halogens is 3. The van der Waals surface area contributed by atoms with Crippen LogP contribution in [0.25, 0.3) is 11.3 Å². The Balaban J connectivity index is 2.29. The maximum absolute atomic E-state index is 13.1. The van der Waals surface area contributed by atoms with Gasteiger partial charge in [-0.05, 0) is 26.0 Å². The van der Waals surface area contributed by atoms with Gasteiger partial charge in [0.05, 0.1) is 21.7 Å². The lowest BCUT2D eigenvalue weighted by Crippen LogP contribution is -2.44. The highest BCUT2D eigenvalue weighted by atomic mass is 32.1. The van der Waals surface area contributed by atoms with Crippen LogP contribution in [0.1, 0.15) is 24.3 Å². The molecule has 0 atom stereocenters. The summed E-state index contributed by atoms with van der Waals surface area (Å²) in [6.45, 7) is 8.06. The van der Waals surface area contributed by atoms with Crippen LogP contribution in [0.5, 0.6) is 0 Å². The van der Waals surface area contributed by atoms with Crippen molar-refractivity contribution in [3.63, 3.8) is 0 Å². The fraction of sp³-hybridized carbons (Fsp3) is 0.312. The molecule has 1 aromatic carbocycles. The largest absolute Gasteiger partial charge is 0.416 e. The number of benzene rings is 1. The molecule has 0 amide bonds. The molecule has 23 heavy (non-hydrogen) atoms. The van der Waals surface area contributed by atoms with Gasteiger partial charge in [0.15, 0.2) is 5.13 Å². The molecule has 0 radical (unpaired) electrons. The summed E-state index contributed by atoms with van der Waals surface area (Å²) in [5, 5.41) is 0.411. The molecule has 3 rings (SSSR count). The molecule has 1 aliphatic heterocycles. The number of rotatable bonds is 2. The number of hydrogen-bond donors (Lipinski definition) is 1. The fourth-order valence-electron chi connectivity index (χ4n) is 2.94. The number of nitrogens with zero attached hydrogens (tertiary/aromatic N) is 2. The van der Waals surface area contributed by atoms with Crippen molar-refractivity contribution < 1.29 is 13.2 Å². The Kier molecular flexibility index (Phi) is 3.44. The van der Waals surface area contributed by atoms with Crippen LogP contribution in [-0.2, 0) is 11.7 Å². The van der Waals surface area contributed by atoms with Crippen molar-refractivity contribution in [1.82, 2.24) is 4.98 Å². The Morgan fingerprint density at radius 3 is 2.70 bits per heavy atom. The maximum Gasteiger partial charge on any atom is 0.416 e. The number of anilines is 2. The highest BCUT2D eigenvalue weighted by molar-refractivity contribution is 7.16. The van der Waals surface area contributed by atoms with E-state index in [0.717, 1.165) is 10.9 Å². The predicted octanol–water partition coefficient (Wildman–Crippen LogP) is 4.65. The van der Waals surface area contributed by atoms with E-state index < -0.39 is 17.3 Å². The molecular weight excluding hydrogens is 323 g/mol. The molecule has 0 unspecified atom stereocenters. The van der Waals surface area contributed by atoms with E-state index in [0.29, 0.717) is 28.6 Å². The van der Waals surface area contributed by atoms with E-state index >= 15 is 0 Å². The molecule has 0 fully saturated rings. The molecule has 0 bridgehead atoms. The van der Waals surface area contributed by atoms with Crippen molar-refractivity contribution in [3.8, 4) is 11.3 Å². The maximum atomic E-state index is 13.1. The van der Waals surface area contributed by atoms with Crippen LogP contribution in [0.4, 0.5) is 24.0 Å². The van der Waals surface area contributed by atoms with Gasteiger partial charge < -0.3 is 10.6 Å². The van der Waals surface area contributed by atoms with Gasteiger partial charge in [-0.15, -0.1) is 6.58 Å². The highest BCUT2D eigenvalue weighted by Crippen LogP contribution is 2.51. The van der Waals surface area contributed by atoms with Crippen LogP contribution in [0.3, 0.4) is 0 Å². The average molecular weight is 339 g/mol. The first-order chi connectivity index (χ1) is 10.7. The van der Waals surface area contributed by atoms with Crippen LogP contribution in [0.2, 0.25) is 0 Å². The lowest BCUT2D eigenvalue weighted by Gasteiger charge is -2.44. The molecule has 2 aromatic rings. The third-order valence-corrected chi connectivity index (χ3v) is 5.25. The summed E-state index contributed by atoms with van der Waals surface area (Å²) < 4.78 is 39.3. The molecule has 1 aromatic heterocycles. The SMILES string of the molecule is C=CCN1c2cc(C(F)(F)F)ccc2-c2nc(N)sc2C1(C)C. The van der Waals surface area contributed by atoms with E-state index in [1.165, 1.54) is 23.5 Å². The average Bonchev–Trinajstić information content (AvgIpc) is 2.85. The van der Waals surface area contributed by atoms with Crippen LogP contribution in [-0.4, -0.2) is 11.5 Å². The number of nitrogens with two attached hydrogens (primary N) is 1. The molecule has 0 aliphatic carbocycles. The van der Waals surface area contributed by atoms with E-state index in [9.17, 15) is 13.2 Å². The van der Waals surface area contributed by atoms with Crippen molar-refractivity contribution in [1.29, 1.82) is 0 Å². The van der Waals surface area contributed by atoms with Gasteiger partial charge in [0.25, 0.3) is 0 Å². The first kappa shape index (κ1) is 15.9. The molecular formula is C16H16F3N3S. The second kappa shape index (κ2) is 4.99. The normalized spacial score (nSPS) is 16.0. The molecule has 2 heterocycles. The van der Waals surface area contributed by atoms with Gasteiger partial charge in [-0.3, -0.25) is 0 Å². The smallest absolute Gasteiger partial charge is 0.375 e. The van der Waals surface area contributed by atoms with E-state index in [4.69, 9.17) is 5.73 Å². The summed E-state index contributed by atoms with van der Waals surface area (Å²) in [6.07, 6.45) is -2.71. The van der Waals surface area contributed by atoms with Crippen LogP contribution in [0, 0.1) is 0 Å². The van der Waals surface area contributed by atoms with Crippen LogP contribution >= 0.6 is 11.3 Å². The van der Waals surface area contributed by atoms with Crippen molar-refractivity contribution in [3.05, 3.63) is 41.3 Å². The molecule has 0 saturated carbocycles. The predicted molar refractivity (Wildman–Crippen MR) is 87.5 cm³/mol. The zero-order valence-corrected chi connectivity index (χ0v) is 13.6. The molecule has 2 N–H and O–H groups in total. The summed E-state index contributed by atoms with van der Waals surface area (Å²) in [7, 11) is 0. The Hall–Kier alpha value is -2.02. The van der Waals surface area contributed by atoms with Crippen molar-refractivity contribution in [2.24, 2.45) is 0 Å². The lowest BCUT2D eigenvalue weighted by atomic mass is 9.88. The van der Waals surface area contributed by atoms with E-state index in [2.05, 4.69) is 11.6 Å². The minimum Gasteiger partial charge on any atom is -0.375 e. The third-order valence-electron chi connectivity index (χ3n) is 4.06. The molecule has 0 saturated heterocycles. The van der Waals surface area contributed by atoms with E-state index in [-0.39, 0.29) is 0 Å². The van der Waals surface area contributed by atoms with Gasteiger partial charge in [0, 0.05) is 17.8 Å². The minimum atomic E-state index is -4.39.